The van der Waals surface area contributed by atoms with E-state index in [4.69, 9.17) is 9.84 Å². The zero-order chi connectivity index (χ0) is 15.1. The maximum Gasteiger partial charge on any atom is 0.411 e. The summed E-state index contributed by atoms with van der Waals surface area (Å²) in [7, 11) is 0. The van der Waals surface area contributed by atoms with Gasteiger partial charge in [0.25, 0.3) is 0 Å². The van der Waals surface area contributed by atoms with Crippen LogP contribution >= 0.6 is 0 Å². The Morgan fingerprint density at radius 2 is 1.90 bits per heavy atom. The fourth-order valence-electron chi connectivity index (χ4n) is 1.72. The fraction of sp³-hybridized carbons (Fsp3) is 0.133. The number of anilines is 1. The van der Waals surface area contributed by atoms with E-state index in [9.17, 15) is 9.59 Å². The van der Waals surface area contributed by atoms with Crippen LogP contribution in [0.25, 0.3) is 0 Å². The summed E-state index contributed by atoms with van der Waals surface area (Å²) in [5.41, 5.74) is 1.03. The van der Waals surface area contributed by atoms with Gasteiger partial charge in [0.2, 0.25) is 0 Å². The molecule has 0 bridgehead atoms. The van der Waals surface area contributed by atoms with Crippen LogP contribution in [0, 0.1) is 0 Å². The average molecular weight is 286 g/mol. The summed E-state index contributed by atoms with van der Waals surface area (Å²) in [6, 6.07) is 11.6. The normalized spacial score (nSPS) is 9.90. The SMILES string of the molecule is O=C(Nc1ccccc1C(=O)O)OCCc1ccccn1. The van der Waals surface area contributed by atoms with Crippen molar-refractivity contribution in [1.82, 2.24) is 4.98 Å². The van der Waals surface area contributed by atoms with Crippen molar-refractivity contribution in [2.75, 3.05) is 11.9 Å². The molecule has 1 heterocycles. The topological polar surface area (TPSA) is 88.5 Å². The Bertz CT molecular complexity index is 629. The maximum atomic E-state index is 11.6. The van der Waals surface area contributed by atoms with Crippen LogP contribution in [0.15, 0.2) is 48.7 Å². The first-order valence-corrected chi connectivity index (χ1v) is 6.33. The second-order valence-electron chi connectivity index (χ2n) is 4.18. The number of amides is 1. The molecule has 1 aromatic carbocycles. The number of nitrogens with one attached hydrogen (secondary N) is 1. The zero-order valence-corrected chi connectivity index (χ0v) is 11.2. The van der Waals surface area contributed by atoms with Crippen LogP contribution in [0.3, 0.4) is 0 Å². The van der Waals surface area contributed by atoms with Crippen LogP contribution < -0.4 is 5.32 Å². The number of carbonyl (C=O) groups excluding carboxylic acids is 1. The summed E-state index contributed by atoms with van der Waals surface area (Å²) in [6.45, 7) is 0.165. The van der Waals surface area contributed by atoms with Gasteiger partial charge in [-0.15, -0.1) is 0 Å². The van der Waals surface area contributed by atoms with Gasteiger partial charge < -0.3 is 9.84 Å². The minimum Gasteiger partial charge on any atom is -0.478 e. The number of nitrogens with zero attached hydrogens (tertiary/aromatic N) is 1. The van der Waals surface area contributed by atoms with Crippen LogP contribution in [-0.4, -0.2) is 28.8 Å². The molecule has 0 aliphatic heterocycles. The molecule has 6 heteroatoms. The number of aromatic carboxylic acids is 1. The molecule has 108 valence electrons. The van der Waals surface area contributed by atoms with Crippen molar-refractivity contribution < 1.29 is 19.4 Å². The van der Waals surface area contributed by atoms with Gasteiger partial charge in [0.15, 0.2) is 0 Å². The van der Waals surface area contributed by atoms with E-state index in [0.29, 0.717) is 6.42 Å². The number of benzene rings is 1. The highest BCUT2D eigenvalue weighted by Crippen LogP contribution is 2.15. The first-order chi connectivity index (χ1) is 10.2. The quantitative estimate of drug-likeness (QED) is 0.881. The predicted molar refractivity (Wildman–Crippen MR) is 76.3 cm³/mol. The summed E-state index contributed by atoms with van der Waals surface area (Å²) >= 11 is 0. The number of para-hydroxylation sites is 1. The molecule has 0 spiro atoms. The number of aromatic nitrogens is 1. The van der Waals surface area contributed by atoms with Gasteiger partial charge in [-0.1, -0.05) is 18.2 Å². The molecule has 1 amide bonds. The average Bonchev–Trinajstić information content (AvgIpc) is 2.48. The minimum atomic E-state index is -1.11. The zero-order valence-electron chi connectivity index (χ0n) is 11.2. The van der Waals surface area contributed by atoms with Crippen molar-refractivity contribution in [1.29, 1.82) is 0 Å². The lowest BCUT2D eigenvalue weighted by molar-refractivity contribution is 0.0698. The van der Waals surface area contributed by atoms with E-state index >= 15 is 0 Å². The predicted octanol–water partition coefficient (Wildman–Crippen LogP) is 2.57. The van der Waals surface area contributed by atoms with Gasteiger partial charge in [0.1, 0.15) is 0 Å². The van der Waals surface area contributed by atoms with Crippen LogP contribution in [-0.2, 0) is 11.2 Å². The highest BCUT2D eigenvalue weighted by atomic mass is 16.5. The fourth-order valence-corrected chi connectivity index (χ4v) is 1.72. The van der Waals surface area contributed by atoms with E-state index in [0.717, 1.165) is 5.69 Å². The number of carbonyl (C=O) groups is 2. The van der Waals surface area contributed by atoms with Gasteiger partial charge in [-0.25, -0.2) is 9.59 Å². The van der Waals surface area contributed by atoms with E-state index in [1.54, 1.807) is 24.4 Å². The van der Waals surface area contributed by atoms with Crippen molar-refractivity contribution in [2.45, 2.75) is 6.42 Å². The molecule has 0 unspecified atom stereocenters. The third kappa shape index (κ3) is 4.31. The number of rotatable bonds is 5. The van der Waals surface area contributed by atoms with E-state index in [-0.39, 0.29) is 17.9 Å². The highest BCUT2D eigenvalue weighted by molar-refractivity contribution is 5.98. The standard InChI is InChI=1S/C15H14N2O4/c18-14(19)12-6-1-2-7-13(12)17-15(20)21-10-8-11-5-3-4-9-16-11/h1-7,9H,8,10H2,(H,17,20)(H,18,19). The molecule has 2 aromatic rings. The molecule has 21 heavy (non-hydrogen) atoms. The largest absolute Gasteiger partial charge is 0.478 e. The van der Waals surface area contributed by atoms with E-state index in [1.807, 2.05) is 12.1 Å². The Labute approximate surface area is 121 Å². The van der Waals surface area contributed by atoms with Gasteiger partial charge in [-0.2, -0.15) is 0 Å². The Morgan fingerprint density at radius 3 is 2.62 bits per heavy atom. The van der Waals surface area contributed by atoms with Gasteiger partial charge in [-0.3, -0.25) is 10.3 Å². The van der Waals surface area contributed by atoms with E-state index in [1.165, 1.54) is 12.1 Å². The molecular formula is C15H14N2O4. The number of carboxylic acids is 1. The van der Waals surface area contributed by atoms with Crippen molar-refractivity contribution in [3.63, 3.8) is 0 Å². The number of ether oxygens (including phenoxy) is 1. The molecule has 0 saturated heterocycles. The number of hydrogen-bond acceptors (Lipinski definition) is 4. The lowest BCUT2D eigenvalue weighted by atomic mass is 10.2. The van der Waals surface area contributed by atoms with Gasteiger partial charge in [0, 0.05) is 18.3 Å². The molecule has 0 saturated carbocycles. The molecule has 0 aliphatic rings. The molecule has 2 N–H and O–H groups in total. The maximum absolute atomic E-state index is 11.6. The lowest BCUT2D eigenvalue weighted by Crippen LogP contribution is -2.17. The van der Waals surface area contributed by atoms with Crippen molar-refractivity contribution in [3.05, 3.63) is 59.9 Å². The molecular weight excluding hydrogens is 272 g/mol. The highest BCUT2D eigenvalue weighted by Gasteiger charge is 2.12. The number of hydrogen-bond donors (Lipinski definition) is 2. The number of pyridine rings is 1. The van der Waals surface area contributed by atoms with Gasteiger partial charge in [0.05, 0.1) is 17.9 Å². The first-order valence-electron chi connectivity index (χ1n) is 6.33. The molecule has 1 aromatic heterocycles. The third-order valence-corrected chi connectivity index (χ3v) is 2.71. The Morgan fingerprint density at radius 1 is 1.14 bits per heavy atom. The molecule has 2 rings (SSSR count). The minimum absolute atomic E-state index is 0.0131. The van der Waals surface area contributed by atoms with Crippen LogP contribution in [0.4, 0.5) is 10.5 Å². The summed E-state index contributed by atoms with van der Waals surface area (Å²) in [5.74, 6) is -1.11. The van der Waals surface area contributed by atoms with Crippen LogP contribution in [0.2, 0.25) is 0 Å². The second-order valence-corrected chi connectivity index (χ2v) is 4.18. The smallest absolute Gasteiger partial charge is 0.411 e. The summed E-state index contributed by atoms with van der Waals surface area (Å²) in [6.07, 6.45) is 1.47. The van der Waals surface area contributed by atoms with Gasteiger partial charge >= 0.3 is 12.1 Å². The monoisotopic (exact) mass is 286 g/mol. The lowest BCUT2D eigenvalue weighted by Gasteiger charge is -2.09. The third-order valence-electron chi connectivity index (χ3n) is 2.71. The Balaban J connectivity index is 1.86. The van der Waals surface area contributed by atoms with Crippen molar-refractivity contribution in [2.24, 2.45) is 0 Å². The molecule has 0 aliphatic carbocycles. The first kappa shape index (κ1) is 14.5. The van der Waals surface area contributed by atoms with E-state index < -0.39 is 12.1 Å². The van der Waals surface area contributed by atoms with E-state index in [2.05, 4.69) is 10.3 Å². The van der Waals surface area contributed by atoms with Crippen LogP contribution in [0.5, 0.6) is 0 Å². The van der Waals surface area contributed by atoms with Crippen molar-refractivity contribution >= 4 is 17.7 Å². The van der Waals surface area contributed by atoms with Crippen molar-refractivity contribution in [3.8, 4) is 0 Å². The van der Waals surface area contributed by atoms with Gasteiger partial charge in [-0.05, 0) is 24.3 Å². The summed E-state index contributed by atoms with van der Waals surface area (Å²) < 4.78 is 5.00. The molecule has 6 nitrogen and oxygen atoms in total. The molecule has 0 fully saturated rings. The number of carboxylic acid groups (broad SMARTS) is 1. The Hall–Kier alpha value is -2.89. The Kier molecular flexibility index (Phi) is 4.87. The van der Waals surface area contributed by atoms with Crippen LogP contribution in [0.1, 0.15) is 16.1 Å². The second kappa shape index (κ2) is 7.04. The molecule has 0 atom stereocenters. The summed E-state index contributed by atoms with van der Waals surface area (Å²) in [5, 5.41) is 11.4. The molecule has 0 radical (unpaired) electrons. The summed E-state index contributed by atoms with van der Waals surface area (Å²) in [4.78, 5) is 26.7.